The van der Waals surface area contributed by atoms with Gasteiger partial charge in [-0.3, -0.25) is 4.98 Å². The van der Waals surface area contributed by atoms with Gasteiger partial charge in [0.1, 0.15) is 29.0 Å². The lowest BCUT2D eigenvalue weighted by Gasteiger charge is -2.01. The second kappa shape index (κ2) is 5.57. The van der Waals surface area contributed by atoms with Crippen LogP contribution in [0.5, 0.6) is 0 Å². The molecule has 1 N–H and O–H groups in total. The molecule has 5 rings (SSSR count). The van der Waals surface area contributed by atoms with E-state index in [1.165, 1.54) is 12.4 Å². The number of hydrogen-bond acceptors (Lipinski definition) is 5. The molecule has 7 heteroatoms. The molecule has 2 aromatic carbocycles. The maximum atomic E-state index is 9.44. The van der Waals surface area contributed by atoms with Crippen molar-refractivity contribution >= 4 is 44.4 Å². The molecule has 5 aromatic rings. The third-order valence-electron chi connectivity index (χ3n) is 4.55. The van der Waals surface area contributed by atoms with Gasteiger partial charge in [-0.1, -0.05) is 17.7 Å². The Kier molecular flexibility index (Phi) is 3.17. The zero-order chi connectivity index (χ0) is 18.5. The summed E-state index contributed by atoms with van der Waals surface area (Å²) in [5.74, 6) is 0.417. The minimum Gasteiger partial charge on any atom is -0.462 e. The summed E-state index contributed by atoms with van der Waals surface area (Å²) in [4.78, 5) is 11.9. The van der Waals surface area contributed by atoms with Gasteiger partial charge in [0.15, 0.2) is 5.58 Å². The average molecular weight is 370 g/mol. The number of imidazole rings is 1. The van der Waals surface area contributed by atoms with E-state index in [9.17, 15) is 10.5 Å². The summed E-state index contributed by atoms with van der Waals surface area (Å²) in [6.07, 6.45) is 4.45. The van der Waals surface area contributed by atoms with Crippen LogP contribution in [0.4, 0.5) is 0 Å². The molecule has 0 saturated carbocycles. The molecule has 0 fully saturated rings. The number of aromatic amines is 1. The zero-order valence-corrected chi connectivity index (χ0v) is 14.4. The maximum absolute atomic E-state index is 9.44. The lowest BCUT2D eigenvalue weighted by atomic mass is 10.1. The van der Waals surface area contributed by atoms with Gasteiger partial charge in [-0.2, -0.15) is 10.5 Å². The Morgan fingerprint density at radius 1 is 1.00 bits per heavy atom. The Bertz CT molecular complexity index is 1430. The molecule has 27 heavy (non-hydrogen) atoms. The van der Waals surface area contributed by atoms with Crippen LogP contribution in [0.2, 0.25) is 5.02 Å². The van der Waals surface area contributed by atoms with Gasteiger partial charge in [-0.15, -0.1) is 0 Å². The molecule has 126 valence electrons. The highest BCUT2D eigenvalue weighted by Gasteiger charge is 2.19. The smallest absolute Gasteiger partial charge is 0.160 e. The first-order chi connectivity index (χ1) is 13.2. The lowest BCUT2D eigenvalue weighted by Crippen LogP contribution is -1.93. The van der Waals surface area contributed by atoms with Crippen LogP contribution in [0.1, 0.15) is 11.1 Å². The number of nitrogens with zero attached hydrogens (tertiary/aromatic N) is 4. The molecule has 0 unspecified atom stereocenters. The van der Waals surface area contributed by atoms with Crippen LogP contribution in [0.3, 0.4) is 0 Å². The quantitative estimate of drug-likeness (QED) is 0.451. The van der Waals surface area contributed by atoms with Gasteiger partial charge < -0.3 is 9.40 Å². The Hall–Kier alpha value is -3.87. The molecule has 0 bridgehead atoms. The molecular formula is C20H8ClN5O. The minimum absolute atomic E-state index is 0.274. The van der Waals surface area contributed by atoms with Crippen molar-refractivity contribution in [2.24, 2.45) is 0 Å². The van der Waals surface area contributed by atoms with Crippen molar-refractivity contribution in [1.82, 2.24) is 15.0 Å². The molecule has 0 amide bonds. The second-order valence-electron chi connectivity index (χ2n) is 6.00. The summed E-state index contributed by atoms with van der Waals surface area (Å²) in [7, 11) is 0. The minimum atomic E-state index is 0.274. The van der Waals surface area contributed by atoms with E-state index in [-0.39, 0.29) is 11.1 Å². The summed E-state index contributed by atoms with van der Waals surface area (Å²) < 4.78 is 5.68. The topological polar surface area (TPSA) is 102 Å². The van der Waals surface area contributed by atoms with Gasteiger partial charge in [-0.25, -0.2) is 4.98 Å². The van der Waals surface area contributed by atoms with Crippen LogP contribution in [-0.4, -0.2) is 15.0 Å². The molecular weight excluding hydrogens is 362 g/mol. The predicted molar refractivity (Wildman–Crippen MR) is 101 cm³/mol. The van der Waals surface area contributed by atoms with Crippen molar-refractivity contribution in [3.05, 3.63) is 59.1 Å². The molecule has 0 aliphatic heterocycles. The van der Waals surface area contributed by atoms with Crippen molar-refractivity contribution in [2.45, 2.75) is 0 Å². The first-order valence-electron chi connectivity index (χ1n) is 7.98. The fourth-order valence-corrected chi connectivity index (χ4v) is 3.57. The lowest BCUT2D eigenvalue weighted by molar-refractivity contribution is 0.618. The van der Waals surface area contributed by atoms with Gasteiger partial charge in [0.2, 0.25) is 0 Å². The zero-order valence-electron chi connectivity index (χ0n) is 13.6. The maximum Gasteiger partial charge on any atom is 0.160 e. The SMILES string of the molecule is N#Cc1cncc(C#N)c1-c1nc2c3ccc(Cl)cc3c3ccoc3c2[nH]1. The fourth-order valence-electron chi connectivity index (χ4n) is 3.40. The monoisotopic (exact) mass is 369 g/mol. The molecule has 6 nitrogen and oxygen atoms in total. The Labute approximate surface area is 157 Å². The number of pyridine rings is 1. The number of nitrogens with one attached hydrogen (secondary N) is 1. The number of rotatable bonds is 1. The van der Waals surface area contributed by atoms with Crippen LogP contribution in [-0.2, 0) is 0 Å². The van der Waals surface area contributed by atoms with Gasteiger partial charge in [0.25, 0.3) is 0 Å². The van der Waals surface area contributed by atoms with Gasteiger partial charge in [0, 0.05) is 28.2 Å². The van der Waals surface area contributed by atoms with Crippen LogP contribution in [0, 0.1) is 22.7 Å². The standard InChI is InChI=1S/C20H8ClN5O/c21-12-1-2-13-15(5-12)14-3-4-27-19(14)18-17(13)25-20(26-18)16-10(6-22)8-24-9-11(16)7-23/h1-5,8-9H,(H,25,26). The summed E-state index contributed by atoms with van der Waals surface area (Å²) >= 11 is 6.18. The van der Waals surface area contributed by atoms with E-state index in [1.54, 1.807) is 12.3 Å². The molecule has 0 saturated heterocycles. The van der Waals surface area contributed by atoms with Crippen molar-refractivity contribution in [3.63, 3.8) is 0 Å². The Morgan fingerprint density at radius 3 is 2.52 bits per heavy atom. The Balaban J connectivity index is 1.96. The summed E-state index contributed by atoms with van der Waals surface area (Å²) in [6, 6.07) is 11.6. The van der Waals surface area contributed by atoms with Crippen LogP contribution >= 0.6 is 11.6 Å². The van der Waals surface area contributed by atoms with Crippen molar-refractivity contribution in [3.8, 4) is 23.5 Å². The van der Waals surface area contributed by atoms with Crippen LogP contribution in [0.25, 0.3) is 44.2 Å². The van der Waals surface area contributed by atoms with Crippen molar-refractivity contribution < 1.29 is 4.42 Å². The van der Waals surface area contributed by atoms with E-state index in [4.69, 9.17) is 21.0 Å². The Morgan fingerprint density at radius 2 is 1.78 bits per heavy atom. The van der Waals surface area contributed by atoms with Crippen molar-refractivity contribution in [2.75, 3.05) is 0 Å². The number of furan rings is 1. The fraction of sp³-hybridized carbons (Fsp3) is 0. The number of nitriles is 2. The summed E-state index contributed by atoms with van der Waals surface area (Å²) in [5.41, 5.74) is 3.00. The van der Waals surface area contributed by atoms with E-state index in [0.29, 0.717) is 33.0 Å². The number of aromatic nitrogens is 3. The predicted octanol–water partition coefficient (Wildman–Crippen LogP) is 4.92. The molecule has 0 aliphatic carbocycles. The molecule has 0 aliphatic rings. The average Bonchev–Trinajstić information content (AvgIpc) is 3.34. The third kappa shape index (κ3) is 2.11. The van der Waals surface area contributed by atoms with E-state index in [1.807, 2.05) is 18.2 Å². The third-order valence-corrected chi connectivity index (χ3v) is 4.78. The number of benzene rings is 2. The molecule has 0 radical (unpaired) electrons. The normalized spacial score (nSPS) is 11.1. The van der Waals surface area contributed by atoms with Gasteiger partial charge >= 0.3 is 0 Å². The van der Waals surface area contributed by atoms with Crippen LogP contribution < -0.4 is 0 Å². The number of hydrogen-bond donors (Lipinski definition) is 1. The molecule has 0 atom stereocenters. The molecule has 0 spiro atoms. The first-order valence-corrected chi connectivity index (χ1v) is 8.35. The summed E-state index contributed by atoms with van der Waals surface area (Å²) in [6.45, 7) is 0. The van der Waals surface area contributed by atoms with E-state index >= 15 is 0 Å². The highest BCUT2D eigenvalue weighted by Crippen LogP contribution is 2.37. The molecule has 3 aromatic heterocycles. The number of halogens is 1. The number of fused-ring (bicyclic) bond motifs is 6. The first kappa shape index (κ1) is 15.4. The van der Waals surface area contributed by atoms with Crippen molar-refractivity contribution in [1.29, 1.82) is 10.5 Å². The highest BCUT2D eigenvalue weighted by molar-refractivity contribution is 6.32. The van der Waals surface area contributed by atoms with Crippen LogP contribution in [0.15, 0.2) is 47.3 Å². The second-order valence-corrected chi connectivity index (χ2v) is 6.43. The van der Waals surface area contributed by atoms with E-state index in [0.717, 1.165) is 16.2 Å². The van der Waals surface area contributed by atoms with E-state index < -0.39 is 0 Å². The highest BCUT2D eigenvalue weighted by atomic mass is 35.5. The summed E-state index contributed by atoms with van der Waals surface area (Å²) in [5, 5.41) is 22.2. The van der Waals surface area contributed by atoms with E-state index in [2.05, 4.69) is 22.1 Å². The van der Waals surface area contributed by atoms with Gasteiger partial charge in [-0.05, 0) is 23.6 Å². The largest absolute Gasteiger partial charge is 0.462 e. The van der Waals surface area contributed by atoms with Gasteiger partial charge in [0.05, 0.1) is 23.0 Å². The molecule has 3 heterocycles. The number of H-pyrrole nitrogens is 1.